The number of ether oxygens (including phenoxy) is 3. The lowest BCUT2D eigenvalue weighted by Gasteiger charge is -2.25. The van der Waals surface area contributed by atoms with Crippen molar-refractivity contribution in [1.82, 2.24) is 19.1 Å². The minimum atomic E-state index is -0.727. The summed E-state index contributed by atoms with van der Waals surface area (Å²) < 4.78 is 20.8. The number of hydrogen-bond donors (Lipinski definition) is 1. The number of fused-ring (bicyclic) bond motifs is 2. The van der Waals surface area contributed by atoms with Crippen molar-refractivity contribution in [1.29, 1.82) is 0 Å². The smallest absolute Gasteiger partial charge is 0.330 e. The highest BCUT2D eigenvalue weighted by atomic mass is 16.5. The lowest BCUT2D eigenvalue weighted by molar-refractivity contribution is 0.0627. The molecule has 0 bridgehead atoms. The van der Waals surface area contributed by atoms with Gasteiger partial charge in [0.1, 0.15) is 36.3 Å². The third kappa shape index (κ3) is 4.74. The number of imidazole rings is 1. The van der Waals surface area contributed by atoms with E-state index in [9.17, 15) is 14.4 Å². The van der Waals surface area contributed by atoms with E-state index in [1.807, 2.05) is 32.0 Å². The van der Waals surface area contributed by atoms with Crippen LogP contribution in [-0.4, -0.2) is 37.6 Å². The number of aromatic nitrogens is 4. The monoisotopic (exact) mass is 504 g/mol. The molecule has 0 saturated carbocycles. The van der Waals surface area contributed by atoms with E-state index in [0.717, 1.165) is 12.8 Å². The maximum absolute atomic E-state index is 12.9. The first-order valence-corrected chi connectivity index (χ1v) is 12.4. The van der Waals surface area contributed by atoms with Crippen molar-refractivity contribution < 1.29 is 19.0 Å². The van der Waals surface area contributed by atoms with Crippen molar-refractivity contribution in [3.63, 3.8) is 0 Å². The average molecular weight is 505 g/mol. The van der Waals surface area contributed by atoms with Crippen molar-refractivity contribution in [2.75, 3.05) is 6.61 Å². The van der Waals surface area contributed by atoms with Crippen molar-refractivity contribution in [3.8, 4) is 17.2 Å². The third-order valence-corrected chi connectivity index (χ3v) is 6.31. The van der Waals surface area contributed by atoms with Gasteiger partial charge in [-0.1, -0.05) is 31.5 Å². The van der Waals surface area contributed by atoms with Crippen molar-refractivity contribution in [2.45, 2.75) is 52.5 Å². The van der Waals surface area contributed by atoms with Crippen LogP contribution in [0.3, 0.4) is 0 Å². The quantitative estimate of drug-likeness (QED) is 0.372. The minimum absolute atomic E-state index is 0.0659. The summed E-state index contributed by atoms with van der Waals surface area (Å²) in [5, 5.41) is 0. The number of rotatable bonds is 9. The van der Waals surface area contributed by atoms with Crippen LogP contribution >= 0.6 is 0 Å². The highest BCUT2D eigenvalue weighted by molar-refractivity contribution is 6.03. The molecular weight excluding hydrogens is 476 g/mol. The molecule has 4 aromatic rings. The van der Waals surface area contributed by atoms with Gasteiger partial charge in [-0.25, -0.2) is 9.78 Å². The van der Waals surface area contributed by atoms with Crippen LogP contribution in [0, 0.1) is 0 Å². The lowest BCUT2D eigenvalue weighted by Crippen LogP contribution is -2.37. The highest BCUT2D eigenvalue weighted by Gasteiger charge is 2.31. The van der Waals surface area contributed by atoms with Crippen molar-refractivity contribution >= 4 is 16.9 Å². The topological polar surface area (TPSA) is 117 Å². The Morgan fingerprint density at radius 1 is 1.05 bits per heavy atom. The number of aryl methyl sites for hydroxylation is 2. The molecular formula is C27H28N4O6. The van der Waals surface area contributed by atoms with Crippen LogP contribution in [-0.2, 0) is 19.7 Å². The van der Waals surface area contributed by atoms with E-state index in [-0.39, 0.29) is 19.0 Å². The summed E-state index contributed by atoms with van der Waals surface area (Å²) in [5.41, 5.74) is 0.186. The van der Waals surface area contributed by atoms with Gasteiger partial charge in [0.05, 0.1) is 5.56 Å². The molecule has 0 saturated heterocycles. The first-order chi connectivity index (χ1) is 18.0. The van der Waals surface area contributed by atoms with Crippen LogP contribution in [0.1, 0.15) is 42.9 Å². The van der Waals surface area contributed by atoms with E-state index in [0.29, 0.717) is 52.9 Å². The number of para-hydroxylation sites is 1. The molecule has 0 fully saturated rings. The summed E-state index contributed by atoms with van der Waals surface area (Å²) in [5.74, 6) is 1.87. The van der Waals surface area contributed by atoms with Crippen molar-refractivity contribution in [2.24, 2.45) is 0 Å². The Hall–Kier alpha value is -4.34. The normalized spacial score (nSPS) is 14.9. The number of carbonyl (C=O) groups excluding carboxylic acids is 1. The second-order valence-electron chi connectivity index (χ2n) is 8.75. The fraction of sp³-hybridized carbons (Fsp3) is 0.333. The van der Waals surface area contributed by atoms with Gasteiger partial charge in [0, 0.05) is 19.2 Å². The molecule has 1 aliphatic rings. The van der Waals surface area contributed by atoms with Gasteiger partial charge >= 0.3 is 5.69 Å². The molecule has 2 aromatic heterocycles. The standard InChI is InChI=1S/C27H28N4O6/c1-3-5-13-31-25-23(26(33)29-27(31)34)30(4-2)22(28-25)16-35-18-11-12-19-20(14-18)36-15-21(24(19)32)37-17-9-7-6-8-10-17/h6-12,14,21H,3-5,13,15-16H2,1-2H3,(H,29,33,34). The van der Waals surface area contributed by atoms with Crippen LogP contribution in [0.25, 0.3) is 11.2 Å². The van der Waals surface area contributed by atoms with Crippen LogP contribution in [0.2, 0.25) is 0 Å². The second kappa shape index (κ2) is 10.3. The van der Waals surface area contributed by atoms with Gasteiger partial charge in [0.15, 0.2) is 17.3 Å². The van der Waals surface area contributed by atoms with Gasteiger partial charge in [-0.3, -0.25) is 19.1 Å². The molecule has 10 nitrogen and oxygen atoms in total. The fourth-order valence-corrected chi connectivity index (χ4v) is 4.42. The number of unbranched alkanes of at least 4 members (excludes halogenated alkanes) is 1. The third-order valence-electron chi connectivity index (χ3n) is 6.31. The number of Topliss-reactive ketones (excluding diaryl/α,β-unsaturated/α-hetero) is 1. The Bertz CT molecular complexity index is 1550. The predicted molar refractivity (Wildman–Crippen MR) is 137 cm³/mol. The van der Waals surface area contributed by atoms with E-state index < -0.39 is 17.4 Å². The molecule has 192 valence electrons. The second-order valence-corrected chi connectivity index (χ2v) is 8.75. The molecule has 0 spiro atoms. The molecule has 1 unspecified atom stereocenters. The zero-order valence-electron chi connectivity index (χ0n) is 20.7. The van der Waals surface area contributed by atoms with E-state index >= 15 is 0 Å². The van der Waals surface area contributed by atoms with Crippen LogP contribution in [0.15, 0.2) is 58.1 Å². The lowest BCUT2D eigenvalue weighted by atomic mass is 10.0. The summed E-state index contributed by atoms with van der Waals surface area (Å²) >= 11 is 0. The van der Waals surface area contributed by atoms with Crippen molar-refractivity contribution in [3.05, 3.63) is 80.8 Å². The number of ketones is 1. The number of nitrogens with zero attached hydrogens (tertiary/aromatic N) is 3. The SMILES string of the molecule is CCCCn1c(=O)[nH]c(=O)c2c1nc(COc1ccc3c(c1)OCC(Oc1ccccc1)C3=O)n2CC. The Labute approximate surface area is 212 Å². The first-order valence-electron chi connectivity index (χ1n) is 12.4. The number of H-pyrrole nitrogens is 1. The molecule has 1 N–H and O–H groups in total. The largest absolute Gasteiger partial charge is 0.488 e. The summed E-state index contributed by atoms with van der Waals surface area (Å²) in [4.78, 5) is 45.0. The summed E-state index contributed by atoms with van der Waals surface area (Å²) in [7, 11) is 0. The van der Waals surface area contributed by atoms with Gasteiger partial charge in [-0.05, 0) is 37.6 Å². The maximum atomic E-state index is 12.9. The number of nitrogens with one attached hydrogen (secondary N) is 1. The molecule has 3 heterocycles. The van der Waals surface area contributed by atoms with Gasteiger partial charge in [-0.15, -0.1) is 0 Å². The number of carbonyl (C=O) groups is 1. The Morgan fingerprint density at radius 2 is 1.86 bits per heavy atom. The number of benzene rings is 2. The molecule has 0 aliphatic carbocycles. The minimum Gasteiger partial charge on any atom is -0.488 e. The zero-order valence-corrected chi connectivity index (χ0v) is 20.7. The van der Waals surface area contributed by atoms with Crippen LogP contribution in [0.5, 0.6) is 17.2 Å². The Balaban J connectivity index is 1.36. The van der Waals surface area contributed by atoms with Crippen LogP contribution in [0.4, 0.5) is 0 Å². The van der Waals surface area contributed by atoms with E-state index in [4.69, 9.17) is 14.2 Å². The number of hydrogen-bond acceptors (Lipinski definition) is 7. The molecule has 37 heavy (non-hydrogen) atoms. The summed E-state index contributed by atoms with van der Waals surface area (Å²) in [6.45, 7) is 5.04. The van der Waals surface area contributed by atoms with E-state index in [2.05, 4.69) is 9.97 Å². The van der Waals surface area contributed by atoms with E-state index in [1.54, 1.807) is 34.9 Å². The van der Waals surface area contributed by atoms with Crippen LogP contribution < -0.4 is 25.5 Å². The fourth-order valence-electron chi connectivity index (χ4n) is 4.42. The number of aromatic amines is 1. The molecule has 0 amide bonds. The molecule has 10 heteroatoms. The Kier molecular flexibility index (Phi) is 6.80. The average Bonchev–Trinajstić information content (AvgIpc) is 3.28. The van der Waals surface area contributed by atoms with Gasteiger partial charge in [0.25, 0.3) is 5.56 Å². The first kappa shape index (κ1) is 24.4. The molecule has 1 atom stereocenters. The highest BCUT2D eigenvalue weighted by Crippen LogP contribution is 2.31. The molecule has 1 aliphatic heterocycles. The summed E-state index contributed by atoms with van der Waals surface area (Å²) in [6.07, 6.45) is 0.964. The molecule has 0 radical (unpaired) electrons. The summed E-state index contributed by atoms with van der Waals surface area (Å²) in [6, 6.07) is 14.2. The Morgan fingerprint density at radius 3 is 2.62 bits per heavy atom. The van der Waals surface area contributed by atoms with Gasteiger partial charge < -0.3 is 18.8 Å². The van der Waals surface area contributed by atoms with Gasteiger partial charge in [-0.2, -0.15) is 0 Å². The molecule has 5 rings (SSSR count). The maximum Gasteiger partial charge on any atom is 0.330 e. The van der Waals surface area contributed by atoms with Gasteiger partial charge in [0.2, 0.25) is 5.78 Å². The predicted octanol–water partition coefficient (Wildman–Crippen LogP) is 3.31. The van der Waals surface area contributed by atoms with E-state index in [1.165, 1.54) is 4.57 Å². The zero-order chi connectivity index (χ0) is 25.9. The molecule has 2 aromatic carbocycles.